The summed E-state index contributed by atoms with van der Waals surface area (Å²) in [7, 11) is 0. The number of nitrogens with one attached hydrogen (secondary N) is 2. The van der Waals surface area contributed by atoms with E-state index >= 15 is 0 Å². The minimum Gasteiger partial charge on any atom is -0.484 e. The smallest absolute Gasteiger partial charge is 0.316 e. The zero-order chi connectivity index (χ0) is 22.4. The third-order valence-electron chi connectivity index (χ3n) is 4.25. The molecule has 0 radical (unpaired) electrons. The number of carbonyl (C=O) groups is 3. The maximum Gasteiger partial charge on any atom is 0.316 e. The number of amides is 4. The van der Waals surface area contributed by atoms with Crippen molar-refractivity contribution in [3.8, 4) is 22.6 Å². The molecule has 1 heterocycles. The predicted molar refractivity (Wildman–Crippen MR) is 115 cm³/mol. The molecule has 0 atom stereocenters. The fraction of sp³-hybridized carbons (Fsp3) is 0.143. The van der Waals surface area contributed by atoms with Crippen LogP contribution in [0.1, 0.15) is 17.4 Å². The second-order valence-electron chi connectivity index (χ2n) is 6.51. The molecular formula is C21H22N6O4. The van der Waals surface area contributed by atoms with E-state index in [0.717, 1.165) is 11.1 Å². The number of rotatable bonds is 8. The van der Waals surface area contributed by atoms with Crippen LogP contribution in [0.15, 0.2) is 54.7 Å². The molecule has 6 N–H and O–H groups in total. The molecule has 1 aromatic heterocycles. The lowest BCUT2D eigenvalue weighted by Gasteiger charge is -2.09. The van der Waals surface area contributed by atoms with Gasteiger partial charge in [-0.2, -0.15) is 5.10 Å². The molecule has 0 aliphatic rings. The van der Waals surface area contributed by atoms with Gasteiger partial charge in [-0.15, -0.1) is 0 Å². The number of likely N-dealkylation sites (N-methyl/N-ethyl adjacent to an activating group) is 1. The Labute approximate surface area is 178 Å². The Morgan fingerprint density at radius 3 is 2.45 bits per heavy atom. The van der Waals surface area contributed by atoms with Crippen molar-refractivity contribution < 1.29 is 19.1 Å². The van der Waals surface area contributed by atoms with Gasteiger partial charge in [-0.05, 0) is 42.3 Å². The van der Waals surface area contributed by atoms with E-state index in [0.29, 0.717) is 18.0 Å². The van der Waals surface area contributed by atoms with Crippen LogP contribution in [0.5, 0.6) is 5.75 Å². The maximum absolute atomic E-state index is 11.6. The van der Waals surface area contributed by atoms with Crippen LogP contribution in [-0.2, 0) is 4.79 Å². The van der Waals surface area contributed by atoms with E-state index in [1.807, 2.05) is 37.3 Å². The third kappa shape index (κ3) is 5.38. The number of primary amides is 2. The van der Waals surface area contributed by atoms with Crippen LogP contribution in [0.4, 0.5) is 10.5 Å². The second-order valence-corrected chi connectivity index (χ2v) is 6.51. The molecule has 0 bridgehead atoms. The number of hydrogen-bond acceptors (Lipinski definition) is 5. The van der Waals surface area contributed by atoms with E-state index in [1.165, 1.54) is 10.9 Å². The highest BCUT2D eigenvalue weighted by Crippen LogP contribution is 2.25. The van der Waals surface area contributed by atoms with Gasteiger partial charge in [0.25, 0.3) is 11.8 Å². The minimum absolute atomic E-state index is 0.0562. The fourth-order valence-electron chi connectivity index (χ4n) is 2.88. The topological polar surface area (TPSA) is 154 Å². The van der Waals surface area contributed by atoms with Gasteiger partial charge in [0.15, 0.2) is 12.3 Å². The number of anilines is 1. The lowest BCUT2D eigenvalue weighted by atomic mass is 10.1. The molecule has 2 aromatic carbocycles. The van der Waals surface area contributed by atoms with E-state index < -0.39 is 11.9 Å². The van der Waals surface area contributed by atoms with E-state index in [9.17, 15) is 14.4 Å². The predicted octanol–water partition coefficient (Wildman–Crippen LogP) is 1.64. The van der Waals surface area contributed by atoms with Gasteiger partial charge in [0, 0.05) is 6.54 Å². The molecule has 0 spiro atoms. The minimum atomic E-state index is -0.827. The summed E-state index contributed by atoms with van der Waals surface area (Å²) in [6.45, 7) is 2.33. The Morgan fingerprint density at radius 2 is 1.81 bits per heavy atom. The number of aromatic nitrogens is 2. The highest BCUT2D eigenvalue weighted by Gasteiger charge is 2.16. The number of benzene rings is 2. The largest absolute Gasteiger partial charge is 0.484 e. The molecule has 10 heteroatoms. The summed E-state index contributed by atoms with van der Waals surface area (Å²) in [4.78, 5) is 34.3. The van der Waals surface area contributed by atoms with Crippen molar-refractivity contribution in [2.75, 3.05) is 18.5 Å². The summed E-state index contributed by atoms with van der Waals surface area (Å²) in [6, 6.07) is 13.9. The van der Waals surface area contributed by atoms with Crippen LogP contribution in [0.2, 0.25) is 0 Å². The molecule has 0 aliphatic carbocycles. The molecule has 160 valence electrons. The summed E-state index contributed by atoms with van der Waals surface area (Å²) < 4.78 is 6.95. The number of nitrogens with zero attached hydrogens (tertiary/aromatic N) is 2. The summed E-state index contributed by atoms with van der Waals surface area (Å²) in [5.41, 5.74) is 12.9. The van der Waals surface area contributed by atoms with Crippen molar-refractivity contribution >= 4 is 23.5 Å². The summed E-state index contributed by atoms with van der Waals surface area (Å²) >= 11 is 0. The van der Waals surface area contributed by atoms with Gasteiger partial charge >= 0.3 is 6.03 Å². The third-order valence-corrected chi connectivity index (χ3v) is 4.25. The van der Waals surface area contributed by atoms with Crippen LogP contribution in [0, 0.1) is 0 Å². The molecule has 10 nitrogen and oxygen atoms in total. The number of ether oxygens (including phenoxy) is 1. The first-order chi connectivity index (χ1) is 14.9. The standard InChI is InChI=1S/C21H22N6O4/c1-2-24-18(28)12-31-16-5-3-4-14(10-16)13-6-8-15(9-7-13)27-11-17(25-21(23)30)19(26-27)20(22)29/h3-11H,2,12H2,1H3,(H2,22,29)(H,24,28)(H3,23,25,30). The normalized spacial score (nSPS) is 10.4. The van der Waals surface area contributed by atoms with Crippen LogP contribution in [-0.4, -0.2) is 40.8 Å². The van der Waals surface area contributed by atoms with Gasteiger partial charge in [0.05, 0.1) is 17.6 Å². The molecule has 31 heavy (non-hydrogen) atoms. The highest BCUT2D eigenvalue weighted by atomic mass is 16.5. The number of urea groups is 1. The van der Waals surface area contributed by atoms with E-state index in [-0.39, 0.29) is 23.9 Å². The van der Waals surface area contributed by atoms with Crippen LogP contribution >= 0.6 is 0 Å². The first kappa shape index (κ1) is 21.4. The van der Waals surface area contributed by atoms with E-state index in [2.05, 4.69) is 15.7 Å². The first-order valence-electron chi connectivity index (χ1n) is 9.43. The van der Waals surface area contributed by atoms with Gasteiger partial charge in [-0.3, -0.25) is 9.59 Å². The van der Waals surface area contributed by atoms with Crippen molar-refractivity contribution in [3.05, 3.63) is 60.4 Å². The lowest BCUT2D eigenvalue weighted by Crippen LogP contribution is -2.28. The zero-order valence-corrected chi connectivity index (χ0v) is 16.8. The fourth-order valence-corrected chi connectivity index (χ4v) is 2.88. The zero-order valence-electron chi connectivity index (χ0n) is 16.8. The lowest BCUT2D eigenvalue weighted by molar-refractivity contribution is -0.122. The monoisotopic (exact) mass is 422 g/mol. The maximum atomic E-state index is 11.6. The molecule has 0 unspecified atom stereocenters. The van der Waals surface area contributed by atoms with Gasteiger partial charge in [0.1, 0.15) is 5.75 Å². The van der Waals surface area contributed by atoms with Gasteiger partial charge < -0.3 is 26.8 Å². The first-order valence-corrected chi connectivity index (χ1v) is 9.43. The highest BCUT2D eigenvalue weighted by molar-refractivity contribution is 6.00. The van der Waals surface area contributed by atoms with Crippen LogP contribution < -0.4 is 26.8 Å². The molecule has 0 aliphatic heterocycles. The van der Waals surface area contributed by atoms with Gasteiger partial charge in [-0.25, -0.2) is 9.48 Å². The van der Waals surface area contributed by atoms with Crippen molar-refractivity contribution in [1.29, 1.82) is 0 Å². The average Bonchev–Trinajstić information content (AvgIpc) is 3.16. The van der Waals surface area contributed by atoms with Crippen molar-refractivity contribution in [2.45, 2.75) is 6.92 Å². The molecule has 4 amide bonds. The molecule has 0 saturated carbocycles. The van der Waals surface area contributed by atoms with Crippen LogP contribution in [0.25, 0.3) is 16.8 Å². The van der Waals surface area contributed by atoms with Gasteiger partial charge in [0.2, 0.25) is 0 Å². The van der Waals surface area contributed by atoms with Gasteiger partial charge in [-0.1, -0.05) is 24.3 Å². The van der Waals surface area contributed by atoms with E-state index in [4.69, 9.17) is 16.2 Å². The quantitative estimate of drug-likeness (QED) is 0.434. The Bertz CT molecular complexity index is 1110. The average molecular weight is 422 g/mol. The van der Waals surface area contributed by atoms with E-state index in [1.54, 1.807) is 18.2 Å². The summed E-state index contributed by atoms with van der Waals surface area (Å²) in [5, 5.41) is 9.12. The second kappa shape index (κ2) is 9.44. The molecular weight excluding hydrogens is 400 g/mol. The van der Waals surface area contributed by atoms with Crippen molar-refractivity contribution in [3.63, 3.8) is 0 Å². The Kier molecular flexibility index (Phi) is 6.51. The molecule has 0 fully saturated rings. The summed E-state index contributed by atoms with van der Waals surface area (Å²) in [5.74, 6) is -0.395. The van der Waals surface area contributed by atoms with Crippen molar-refractivity contribution in [1.82, 2.24) is 15.1 Å². The SMILES string of the molecule is CCNC(=O)COc1cccc(-c2ccc(-n3cc(NC(N)=O)c(C(N)=O)n3)cc2)c1. The Balaban J connectivity index is 1.79. The Morgan fingerprint density at radius 1 is 1.06 bits per heavy atom. The molecule has 3 aromatic rings. The van der Waals surface area contributed by atoms with Crippen LogP contribution in [0.3, 0.4) is 0 Å². The number of hydrogen-bond donors (Lipinski definition) is 4. The number of nitrogens with two attached hydrogens (primary N) is 2. The molecule has 3 rings (SSSR count). The number of carbonyl (C=O) groups excluding carboxylic acids is 3. The Hall–Kier alpha value is -4.34. The summed E-state index contributed by atoms with van der Waals surface area (Å²) in [6.07, 6.45) is 1.45. The molecule has 0 saturated heterocycles. The van der Waals surface area contributed by atoms with Crippen molar-refractivity contribution in [2.24, 2.45) is 11.5 Å².